The number of carbonyl (C=O) groups is 3. The summed E-state index contributed by atoms with van der Waals surface area (Å²) in [5, 5.41) is 0. The maximum atomic E-state index is 13.5. The van der Waals surface area contributed by atoms with Crippen LogP contribution < -0.4 is 10.5 Å². The fourth-order valence-corrected chi connectivity index (χ4v) is 4.76. The molecule has 2 heterocycles. The number of aldehydes is 1. The van der Waals surface area contributed by atoms with Crippen LogP contribution in [0, 0.1) is 5.92 Å². The number of likely N-dealkylation sites (tertiary alicyclic amines) is 1. The van der Waals surface area contributed by atoms with Crippen LogP contribution >= 0.6 is 0 Å². The van der Waals surface area contributed by atoms with E-state index in [9.17, 15) is 14.4 Å². The number of ether oxygens (including phenoxy) is 1. The number of nitrogens with zero attached hydrogens (tertiary/aromatic N) is 3. The number of aliphatic imine (C=N–C) groups is 1. The summed E-state index contributed by atoms with van der Waals surface area (Å²) in [5.41, 5.74) is 7.82. The molecule has 1 unspecified atom stereocenters. The van der Waals surface area contributed by atoms with Crippen LogP contribution in [-0.2, 0) is 15.1 Å². The Balaban J connectivity index is 1.58. The number of carbonyl (C=O) groups excluding carboxylic acids is 3. The first-order valence-electron chi connectivity index (χ1n) is 11.4. The highest BCUT2D eigenvalue weighted by atomic mass is 16.5. The molecule has 2 aromatic carbocycles. The van der Waals surface area contributed by atoms with Gasteiger partial charge in [-0.05, 0) is 66.6 Å². The molecule has 1 atom stereocenters. The summed E-state index contributed by atoms with van der Waals surface area (Å²) < 4.78 is 5.33. The molecular weight excluding hydrogens is 432 g/mol. The smallest absolute Gasteiger partial charge is 0.261 e. The lowest BCUT2D eigenvalue weighted by Gasteiger charge is -2.33. The van der Waals surface area contributed by atoms with Crippen molar-refractivity contribution >= 4 is 24.1 Å². The first kappa shape index (κ1) is 23.5. The molecular formula is C26H30N4O4. The minimum Gasteiger partial charge on any atom is -0.497 e. The molecule has 2 aromatic rings. The molecule has 0 aliphatic carbocycles. The Kier molecular flexibility index (Phi) is 6.41. The van der Waals surface area contributed by atoms with Gasteiger partial charge in [-0.3, -0.25) is 19.3 Å². The summed E-state index contributed by atoms with van der Waals surface area (Å²) in [5.74, 6) is 1.02. The van der Waals surface area contributed by atoms with Crippen LogP contribution in [-0.4, -0.2) is 60.6 Å². The lowest BCUT2D eigenvalue weighted by Crippen LogP contribution is -2.46. The van der Waals surface area contributed by atoms with Gasteiger partial charge in [0.25, 0.3) is 5.91 Å². The summed E-state index contributed by atoms with van der Waals surface area (Å²) in [6.07, 6.45) is 2.46. The second kappa shape index (κ2) is 9.29. The Bertz CT molecular complexity index is 1150. The molecule has 2 aliphatic rings. The average molecular weight is 463 g/mol. The number of methoxy groups -OCH3 is 1. The zero-order valence-electron chi connectivity index (χ0n) is 19.8. The van der Waals surface area contributed by atoms with Crippen LogP contribution in [0.25, 0.3) is 11.1 Å². The summed E-state index contributed by atoms with van der Waals surface area (Å²) in [4.78, 5) is 44.8. The first-order chi connectivity index (χ1) is 16.3. The van der Waals surface area contributed by atoms with E-state index in [0.29, 0.717) is 36.5 Å². The zero-order chi connectivity index (χ0) is 24.5. The number of benzene rings is 2. The summed E-state index contributed by atoms with van der Waals surface area (Å²) in [7, 11) is 1.57. The van der Waals surface area contributed by atoms with E-state index in [1.165, 1.54) is 0 Å². The van der Waals surface area contributed by atoms with E-state index >= 15 is 0 Å². The fraction of sp³-hybridized carbons (Fsp3) is 0.385. The van der Waals surface area contributed by atoms with E-state index in [0.717, 1.165) is 30.3 Å². The minimum atomic E-state index is -1.15. The predicted molar refractivity (Wildman–Crippen MR) is 129 cm³/mol. The van der Waals surface area contributed by atoms with E-state index in [1.54, 1.807) is 44.1 Å². The largest absolute Gasteiger partial charge is 0.497 e. The third kappa shape index (κ3) is 4.27. The van der Waals surface area contributed by atoms with Crippen molar-refractivity contribution < 1.29 is 19.1 Å². The van der Waals surface area contributed by atoms with Crippen molar-refractivity contribution in [2.24, 2.45) is 16.6 Å². The van der Waals surface area contributed by atoms with E-state index in [-0.39, 0.29) is 23.7 Å². The Morgan fingerprint density at radius 2 is 1.97 bits per heavy atom. The first-order valence-corrected chi connectivity index (χ1v) is 11.4. The summed E-state index contributed by atoms with van der Waals surface area (Å²) >= 11 is 0. The Labute approximate surface area is 199 Å². The highest BCUT2D eigenvalue weighted by molar-refractivity contribution is 6.07. The minimum absolute atomic E-state index is 0.0815. The lowest BCUT2D eigenvalue weighted by atomic mass is 9.88. The molecule has 0 spiro atoms. The molecule has 0 bridgehead atoms. The average Bonchev–Trinajstić information content (AvgIpc) is 3.07. The second-order valence-electron chi connectivity index (χ2n) is 9.06. The van der Waals surface area contributed by atoms with E-state index in [4.69, 9.17) is 10.5 Å². The van der Waals surface area contributed by atoms with E-state index in [1.807, 2.05) is 29.2 Å². The number of rotatable bonds is 6. The van der Waals surface area contributed by atoms with Crippen molar-refractivity contribution in [1.29, 1.82) is 0 Å². The normalized spacial score (nSPS) is 20.9. The van der Waals surface area contributed by atoms with Gasteiger partial charge >= 0.3 is 0 Å². The molecule has 8 heteroatoms. The topological polar surface area (TPSA) is 105 Å². The lowest BCUT2D eigenvalue weighted by molar-refractivity contribution is -0.133. The molecule has 1 saturated heterocycles. The van der Waals surface area contributed by atoms with Crippen molar-refractivity contribution in [1.82, 2.24) is 9.80 Å². The van der Waals surface area contributed by atoms with Crippen LogP contribution in [0.15, 0.2) is 47.5 Å². The van der Waals surface area contributed by atoms with Gasteiger partial charge in [0.2, 0.25) is 5.91 Å². The van der Waals surface area contributed by atoms with Gasteiger partial charge in [-0.1, -0.05) is 18.2 Å². The molecule has 8 nitrogen and oxygen atoms in total. The molecule has 2 aliphatic heterocycles. The van der Waals surface area contributed by atoms with Crippen molar-refractivity contribution in [3.8, 4) is 16.9 Å². The predicted octanol–water partition coefficient (Wildman–Crippen LogP) is 2.81. The number of nitrogens with two attached hydrogens (primary N) is 1. The van der Waals surface area contributed by atoms with Crippen molar-refractivity contribution in [2.75, 3.05) is 26.7 Å². The van der Waals surface area contributed by atoms with Crippen molar-refractivity contribution in [2.45, 2.75) is 32.2 Å². The Hall–Kier alpha value is -3.68. The maximum absolute atomic E-state index is 13.5. The summed E-state index contributed by atoms with van der Waals surface area (Å²) in [6, 6.07) is 12.7. The Morgan fingerprint density at radius 3 is 2.62 bits per heavy atom. The van der Waals surface area contributed by atoms with Crippen molar-refractivity contribution in [3.63, 3.8) is 0 Å². The molecule has 0 aromatic heterocycles. The number of amides is 2. The van der Waals surface area contributed by atoms with Crippen molar-refractivity contribution in [3.05, 3.63) is 53.6 Å². The van der Waals surface area contributed by atoms with Gasteiger partial charge in [0.15, 0.2) is 17.8 Å². The molecule has 1 fully saturated rings. The highest BCUT2D eigenvalue weighted by Gasteiger charge is 2.46. The third-order valence-electron chi connectivity index (χ3n) is 6.90. The SMILES string of the molecule is COc1ccc(C=O)c(-c2cccc(C3(C)N=C(N)N(CC4CCN(C(C)=O)CC4)C3=O)c2)c1. The Morgan fingerprint density at radius 1 is 1.24 bits per heavy atom. The van der Waals surface area contributed by atoms with Gasteiger partial charge in [0.1, 0.15) is 5.75 Å². The highest BCUT2D eigenvalue weighted by Crippen LogP contribution is 2.36. The van der Waals surface area contributed by atoms with Crippen LogP contribution in [0.5, 0.6) is 5.75 Å². The molecule has 0 saturated carbocycles. The monoisotopic (exact) mass is 462 g/mol. The van der Waals surface area contributed by atoms with Gasteiger partial charge < -0.3 is 15.4 Å². The fourth-order valence-electron chi connectivity index (χ4n) is 4.76. The number of guanidine groups is 1. The molecule has 0 radical (unpaired) electrons. The third-order valence-corrected chi connectivity index (χ3v) is 6.90. The van der Waals surface area contributed by atoms with Crippen LogP contribution in [0.2, 0.25) is 0 Å². The van der Waals surface area contributed by atoms with E-state index < -0.39 is 5.54 Å². The quantitative estimate of drug-likeness (QED) is 0.665. The van der Waals surface area contributed by atoms with E-state index in [2.05, 4.69) is 4.99 Å². The van der Waals surface area contributed by atoms with Crippen LogP contribution in [0.4, 0.5) is 0 Å². The number of hydrogen-bond donors (Lipinski definition) is 1. The number of piperidine rings is 1. The number of hydrogen-bond acceptors (Lipinski definition) is 6. The van der Waals surface area contributed by atoms with Gasteiger partial charge in [-0.15, -0.1) is 0 Å². The molecule has 178 valence electrons. The summed E-state index contributed by atoms with van der Waals surface area (Å²) in [6.45, 7) is 5.22. The zero-order valence-corrected chi connectivity index (χ0v) is 19.8. The van der Waals surface area contributed by atoms with Gasteiger partial charge in [0, 0.05) is 32.1 Å². The maximum Gasteiger partial charge on any atom is 0.261 e. The van der Waals surface area contributed by atoms with Gasteiger partial charge in [-0.2, -0.15) is 0 Å². The van der Waals surface area contributed by atoms with Crippen LogP contribution in [0.1, 0.15) is 42.6 Å². The molecule has 2 amide bonds. The standard InChI is InChI=1S/C26H30N4O4/c1-17(32)29-11-9-18(10-12-29)15-30-24(33)26(2,28-25(30)27)21-6-4-5-19(13-21)23-14-22(34-3)8-7-20(23)16-31/h4-8,13-14,16,18H,9-12,15H2,1-3H3,(H2,27,28). The van der Waals surface area contributed by atoms with Crippen LogP contribution in [0.3, 0.4) is 0 Å². The molecule has 4 rings (SSSR count). The van der Waals surface area contributed by atoms with Gasteiger partial charge in [0.05, 0.1) is 7.11 Å². The second-order valence-corrected chi connectivity index (χ2v) is 9.06. The molecule has 2 N–H and O–H groups in total. The molecule has 34 heavy (non-hydrogen) atoms. The van der Waals surface area contributed by atoms with Gasteiger partial charge in [-0.25, -0.2) is 4.99 Å².